The third kappa shape index (κ3) is 4.15. The third-order valence-electron chi connectivity index (χ3n) is 2.30. The van der Waals surface area contributed by atoms with E-state index in [1.165, 1.54) is 11.0 Å². The van der Waals surface area contributed by atoms with Crippen molar-refractivity contribution in [2.45, 2.75) is 6.92 Å². The fourth-order valence-electron chi connectivity index (χ4n) is 1.37. The van der Waals surface area contributed by atoms with Gasteiger partial charge in [0, 0.05) is 13.1 Å². The van der Waals surface area contributed by atoms with Crippen molar-refractivity contribution in [3.8, 4) is 0 Å². The highest BCUT2D eigenvalue weighted by Gasteiger charge is 2.14. The number of nitrogens with zero attached hydrogens (tertiary/aromatic N) is 1. The maximum atomic E-state index is 11.7. The molecule has 0 aliphatic carbocycles. The van der Waals surface area contributed by atoms with Crippen molar-refractivity contribution in [1.29, 1.82) is 0 Å². The van der Waals surface area contributed by atoms with Crippen molar-refractivity contribution in [3.05, 3.63) is 22.6 Å². The van der Waals surface area contributed by atoms with Crippen molar-refractivity contribution in [1.82, 2.24) is 10.2 Å². The zero-order valence-electron chi connectivity index (χ0n) is 9.98. The minimum Gasteiger partial charge on any atom is -0.444 e. The minimum atomic E-state index is -0.450. The molecule has 1 heterocycles. The highest BCUT2D eigenvalue weighted by Crippen LogP contribution is 2.13. The van der Waals surface area contributed by atoms with Crippen LogP contribution in [0.3, 0.4) is 0 Å². The van der Waals surface area contributed by atoms with E-state index in [-0.39, 0.29) is 31.4 Å². The molecule has 0 aromatic carbocycles. The zero-order valence-corrected chi connectivity index (χ0v) is 11.6. The number of hydrogen-bond acceptors (Lipinski definition) is 4. The van der Waals surface area contributed by atoms with Crippen LogP contribution in [0, 0.1) is 0 Å². The number of likely N-dealkylation sites (N-methyl/N-ethyl adjacent to an activating group) is 1. The molecule has 0 unspecified atom stereocenters. The quantitative estimate of drug-likeness (QED) is 0.805. The third-order valence-corrected chi connectivity index (χ3v) is 2.73. The van der Waals surface area contributed by atoms with Crippen LogP contribution < -0.4 is 5.32 Å². The lowest BCUT2D eigenvalue weighted by Gasteiger charge is -2.19. The first-order valence-corrected chi connectivity index (χ1v) is 6.30. The molecule has 0 saturated carbocycles. The van der Waals surface area contributed by atoms with E-state index in [2.05, 4.69) is 21.2 Å². The lowest BCUT2D eigenvalue weighted by Crippen LogP contribution is -2.41. The smallest absolute Gasteiger partial charge is 0.287 e. The summed E-state index contributed by atoms with van der Waals surface area (Å²) in [5.41, 5.74) is 0. The average Bonchev–Trinajstić information content (AvgIpc) is 2.79. The van der Waals surface area contributed by atoms with Crippen LogP contribution in [0.2, 0.25) is 0 Å². The van der Waals surface area contributed by atoms with E-state index in [0.29, 0.717) is 11.2 Å². The van der Waals surface area contributed by atoms with E-state index in [0.717, 1.165) is 0 Å². The predicted octanol–water partition coefficient (Wildman–Crippen LogP) is 0.613. The van der Waals surface area contributed by atoms with E-state index in [9.17, 15) is 9.59 Å². The summed E-state index contributed by atoms with van der Waals surface area (Å²) in [5.74, 6) is -0.556. The summed E-state index contributed by atoms with van der Waals surface area (Å²) in [6, 6.07) is 3.11. The molecule has 6 nitrogen and oxygen atoms in total. The second-order valence-corrected chi connectivity index (χ2v) is 4.27. The molecule has 18 heavy (non-hydrogen) atoms. The van der Waals surface area contributed by atoms with Crippen LogP contribution in [0.1, 0.15) is 17.5 Å². The molecule has 0 fully saturated rings. The first kappa shape index (κ1) is 14.7. The number of halogens is 1. The molecule has 1 rings (SSSR count). The van der Waals surface area contributed by atoms with E-state index in [1.54, 1.807) is 13.0 Å². The lowest BCUT2D eigenvalue weighted by molar-refractivity contribution is -0.130. The van der Waals surface area contributed by atoms with Gasteiger partial charge in [-0.15, -0.1) is 0 Å². The Hall–Kier alpha value is -1.34. The average molecular weight is 319 g/mol. The SMILES string of the molecule is CCN(CCO)C(=O)CNC(=O)c1ccc(Br)o1. The van der Waals surface area contributed by atoms with Gasteiger partial charge in [0.15, 0.2) is 10.4 Å². The Bertz CT molecular complexity index is 419. The van der Waals surface area contributed by atoms with E-state index in [4.69, 9.17) is 9.52 Å². The van der Waals surface area contributed by atoms with Crippen LogP contribution in [0.5, 0.6) is 0 Å². The fourth-order valence-corrected chi connectivity index (χ4v) is 1.68. The van der Waals surface area contributed by atoms with Gasteiger partial charge in [0.2, 0.25) is 5.91 Å². The molecular weight excluding hydrogens is 304 g/mol. The second kappa shape index (κ2) is 7.17. The molecule has 0 spiro atoms. The van der Waals surface area contributed by atoms with Gasteiger partial charge in [-0.1, -0.05) is 0 Å². The van der Waals surface area contributed by atoms with Crippen molar-refractivity contribution in [2.24, 2.45) is 0 Å². The predicted molar refractivity (Wildman–Crippen MR) is 68.1 cm³/mol. The number of aliphatic hydroxyl groups is 1. The molecule has 2 amide bonds. The van der Waals surface area contributed by atoms with E-state index >= 15 is 0 Å². The number of carbonyl (C=O) groups is 2. The molecular formula is C11H15BrN2O4. The Morgan fingerprint density at radius 2 is 2.22 bits per heavy atom. The van der Waals surface area contributed by atoms with E-state index < -0.39 is 5.91 Å². The first-order valence-electron chi connectivity index (χ1n) is 5.50. The molecule has 1 aromatic heterocycles. The molecule has 2 N–H and O–H groups in total. The maximum absolute atomic E-state index is 11.7. The molecule has 0 radical (unpaired) electrons. The van der Waals surface area contributed by atoms with Crippen molar-refractivity contribution >= 4 is 27.7 Å². The zero-order chi connectivity index (χ0) is 13.5. The highest BCUT2D eigenvalue weighted by atomic mass is 79.9. The molecule has 0 aliphatic heterocycles. The number of amides is 2. The van der Waals surface area contributed by atoms with Gasteiger partial charge in [0.1, 0.15) is 0 Å². The largest absolute Gasteiger partial charge is 0.444 e. The van der Waals surface area contributed by atoms with E-state index in [1.807, 2.05) is 0 Å². The fraction of sp³-hybridized carbons (Fsp3) is 0.455. The molecule has 0 bridgehead atoms. The van der Waals surface area contributed by atoms with Crippen molar-refractivity contribution in [3.63, 3.8) is 0 Å². The van der Waals surface area contributed by atoms with Crippen LogP contribution in [0.25, 0.3) is 0 Å². The van der Waals surface area contributed by atoms with Gasteiger partial charge in [-0.2, -0.15) is 0 Å². The molecule has 1 aromatic rings. The van der Waals surface area contributed by atoms with Crippen LogP contribution in [-0.4, -0.2) is 48.1 Å². The number of hydrogen-bond donors (Lipinski definition) is 2. The summed E-state index contributed by atoms with van der Waals surface area (Å²) >= 11 is 3.09. The highest BCUT2D eigenvalue weighted by molar-refractivity contribution is 9.10. The van der Waals surface area contributed by atoms with Gasteiger partial charge in [0.05, 0.1) is 13.2 Å². The monoisotopic (exact) mass is 318 g/mol. The summed E-state index contributed by atoms with van der Waals surface area (Å²) in [4.78, 5) is 24.7. The number of rotatable bonds is 6. The molecule has 0 atom stereocenters. The molecule has 7 heteroatoms. The van der Waals surface area contributed by atoms with Gasteiger partial charge in [-0.05, 0) is 35.0 Å². The summed E-state index contributed by atoms with van der Waals surface area (Å²) < 4.78 is 5.50. The van der Waals surface area contributed by atoms with Crippen LogP contribution in [0.4, 0.5) is 0 Å². The molecule has 0 aliphatic rings. The Labute approximate surface area is 113 Å². The summed E-state index contributed by atoms with van der Waals surface area (Å²) in [7, 11) is 0. The number of aliphatic hydroxyl groups excluding tert-OH is 1. The van der Waals surface area contributed by atoms with Crippen molar-refractivity contribution < 1.29 is 19.1 Å². The first-order chi connectivity index (χ1) is 8.58. The van der Waals surface area contributed by atoms with Gasteiger partial charge >= 0.3 is 0 Å². The summed E-state index contributed by atoms with van der Waals surface area (Å²) in [5, 5.41) is 11.2. The maximum Gasteiger partial charge on any atom is 0.287 e. The van der Waals surface area contributed by atoms with Crippen molar-refractivity contribution in [2.75, 3.05) is 26.2 Å². The van der Waals surface area contributed by atoms with Gasteiger partial charge < -0.3 is 19.7 Å². The minimum absolute atomic E-state index is 0.0986. The number of furan rings is 1. The summed E-state index contributed by atoms with van der Waals surface area (Å²) in [6.45, 7) is 2.34. The lowest BCUT2D eigenvalue weighted by atomic mass is 10.4. The molecule has 100 valence electrons. The van der Waals surface area contributed by atoms with Gasteiger partial charge in [-0.3, -0.25) is 9.59 Å². The van der Waals surface area contributed by atoms with Crippen LogP contribution in [0.15, 0.2) is 21.2 Å². The topological polar surface area (TPSA) is 82.8 Å². The van der Waals surface area contributed by atoms with Gasteiger partial charge in [-0.25, -0.2) is 0 Å². The second-order valence-electron chi connectivity index (χ2n) is 3.48. The Morgan fingerprint density at radius 3 is 2.72 bits per heavy atom. The number of nitrogens with one attached hydrogen (secondary N) is 1. The standard InChI is InChI=1S/C11H15BrN2O4/c1-2-14(5-6-15)10(16)7-13-11(17)8-3-4-9(12)18-8/h3-4,15H,2,5-7H2,1H3,(H,13,17). The number of carbonyl (C=O) groups excluding carboxylic acids is 2. The normalized spacial score (nSPS) is 10.2. The molecule has 0 saturated heterocycles. The van der Waals surface area contributed by atoms with Gasteiger partial charge in [0.25, 0.3) is 5.91 Å². The van der Waals surface area contributed by atoms with Crippen LogP contribution >= 0.6 is 15.9 Å². The Kier molecular flexibility index (Phi) is 5.87. The van der Waals surface area contributed by atoms with Crippen LogP contribution in [-0.2, 0) is 4.79 Å². The Morgan fingerprint density at radius 1 is 1.50 bits per heavy atom. The Balaban J connectivity index is 2.45. The summed E-state index contributed by atoms with van der Waals surface area (Å²) in [6.07, 6.45) is 0.